The highest BCUT2D eigenvalue weighted by atomic mass is 16.5. The van der Waals surface area contributed by atoms with Crippen LogP contribution in [-0.2, 0) is 21.5 Å². The van der Waals surface area contributed by atoms with Crippen molar-refractivity contribution in [1.29, 1.82) is 0 Å². The van der Waals surface area contributed by atoms with Gasteiger partial charge in [-0.1, -0.05) is 36.4 Å². The van der Waals surface area contributed by atoms with Gasteiger partial charge in [-0.15, -0.1) is 0 Å². The smallest absolute Gasteiger partial charge is 0.339 e. The molecule has 0 aliphatic carbocycles. The van der Waals surface area contributed by atoms with Crippen LogP contribution >= 0.6 is 0 Å². The number of ether oxygens (including phenoxy) is 2. The first-order valence-corrected chi connectivity index (χ1v) is 8.88. The molecule has 2 aromatic rings. The first-order valence-electron chi connectivity index (χ1n) is 8.88. The second kappa shape index (κ2) is 8.22. The van der Waals surface area contributed by atoms with Crippen LogP contribution < -0.4 is 10.1 Å². The summed E-state index contributed by atoms with van der Waals surface area (Å²) in [6.07, 6.45) is 1.23. The summed E-state index contributed by atoms with van der Waals surface area (Å²) >= 11 is 0. The van der Waals surface area contributed by atoms with E-state index >= 15 is 0 Å². The van der Waals surface area contributed by atoms with Crippen molar-refractivity contribution in [3.63, 3.8) is 0 Å². The lowest BCUT2D eigenvalue weighted by Gasteiger charge is -2.36. The topological polar surface area (TPSA) is 84.9 Å². The average molecular weight is 369 g/mol. The molecule has 0 atom stereocenters. The molecule has 2 aromatic carbocycles. The van der Waals surface area contributed by atoms with Crippen LogP contribution in [0.15, 0.2) is 48.5 Å². The number of methoxy groups -OCH3 is 1. The molecule has 142 valence electrons. The van der Waals surface area contributed by atoms with Gasteiger partial charge in [0.1, 0.15) is 11.3 Å². The monoisotopic (exact) mass is 369 g/mol. The third-order valence-corrected chi connectivity index (χ3v) is 5.05. The maximum Gasteiger partial charge on any atom is 0.339 e. The number of hydrogen-bond donors (Lipinski definition) is 2. The van der Waals surface area contributed by atoms with Crippen LogP contribution in [0.3, 0.4) is 0 Å². The van der Waals surface area contributed by atoms with E-state index in [4.69, 9.17) is 9.47 Å². The van der Waals surface area contributed by atoms with E-state index in [0.717, 1.165) is 5.56 Å². The van der Waals surface area contributed by atoms with Crippen LogP contribution in [0, 0.1) is 0 Å². The van der Waals surface area contributed by atoms with Gasteiger partial charge in [-0.3, -0.25) is 4.79 Å². The predicted octanol–water partition coefficient (Wildman–Crippen LogP) is 2.76. The SMILES string of the molecule is COc1ccc(CNC(=O)C2(c3ccccc3)CCOCC2)cc1C(=O)O. The third-order valence-electron chi connectivity index (χ3n) is 5.05. The minimum absolute atomic E-state index is 0.0651. The summed E-state index contributed by atoms with van der Waals surface area (Å²) in [5.74, 6) is -0.835. The van der Waals surface area contributed by atoms with Crippen LogP contribution in [0.1, 0.15) is 34.3 Å². The number of carbonyl (C=O) groups is 2. The van der Waals surface area contributed by atoms with Gasteiger partial charge in [0.2, 0.25) is 5.91 Å². The summed E-state index contributed by atoms with van der Waals surface area (Å²) in [7, 11) is 1.43. The van der Waals surface area contributed by atoms with Gasteiger partial charge in [-0.2, -0.15) is 0 Å². The number of hydrogen-bond acceptors (Lipinski definition) is 4. The highest BCUT2D eigenvalue weighted by Crippen LogP contribution is 2.35. The first kappa shape index (κ1) is 18.9. The number of nitrogens with one attached hydrogen (secondary N) is 1. The quantitative estimate of drug-likeness (QED) is 0.818. The molecule has 0 aromatic heterocycles. The molecule has 2 N–H and O–H groups in total. The van der Waals surface area contributed by atoms with E-state index in [-0.39, 0.29) is 18.0 Å². The van der Waals surface area contributed by atoms with Crippen molar-refractivity contribution in [3.8, 4) is 5.75 Å². The summed E-state index contributed by atoms with van der Waals surface area (Å²) < 4.78 is 10.5. The maximum absolute atomic E-state index is 13.1. The van der Waals surface area contributed by atoms with E-state index in [1.807, 2.05) is 30.3 Å². The molecule has 0 unspecified atom stereocenters. The molecule has 1 heterocycles. The summed E-state index contributed by atoms with van der Waals surface area (Å²) in [6.45, 7) is 1.32. The molecule has 6 nitrogen and oxygen atoms in total. The number of carboxylic acids is 1. The van der Waals surface area contributed by atoms with Gasteiger partial charge in [0.25, 0.3) is 0 Å². The number of aromatic carboxylic acids is 1. The largest absolute Gasteiger partial charge is 0.496 e. The molecule has 0 radical (unpaired) electrons. The van der Waals surface area contributed by atoms with Crippen molar-refractivity contribution >= 4 is 11.9 Å². The lowest BCUT2D eigenvalue weighted by atomic mass is 9.73. The van der Waals surface area contributed by atoms with Crippen LogP contribution in [-0.4, -0.2) is 37.3 Å². The van der Waals surface area contributed by atoms with E-state index in [1.165, 1.54) is 13.2 Å². The molecule has 6 heteroatoms. The fourth-order valence-corrected chi connectivity index (χ4v) is 3.51. The first-order chi connectivity index (χ1) is 13.1. The molecule has 1 saturated heterocycles. The van der Waals surface area contributed by atoms with Gasteiger partial charge in [0, 0.05) is 19.8 Å². The van der Waals surface area contributed by atoms with Crippen molar-refractivity contribution < 1.29 is 24.2 Å². The number of benzene rings is 2. The highest BCUT2D eigenvalue weighted by Gasteiger charge is 2.41. The molecule has 3 rings (SSSR count). The van der Waals surface area contributed by atoms with Crippen LogP contribution in [0.25, 0.3) is 0 Å². The van der Waals surface area contributed by atoms with Crippen molar-refractivity contribution in [3.05, 3.63) is 65.2 Å². The summed E-state index contributed by atoms with van der Waals surface area (Å²) in [6, 6.07) is 14.6. The average Bonchev–Trinajstić information content (AvgIpc) is 2.72. The van der Waals surface area contributed by atoms with Crippen LogP contribution in [0.5, 0.6) is 5.75 Å². The number of carboxylic acid groups (broad SMARTS) is 1. The van der Waals surface area contributed by atoms with E-state index in [0.29, 0.717) is 37.4 Å². The Labute approximate surface area is 158 Å². The van der Waals surface area contributed by atoms with Crippen molar-refractivity contribution in [2.75, 3.05) is 20.3 Å². The van der Waals surface area contributed by atoms with Gasteiger partial charge in [0.15, 0.2) is 0 Å². The summed E-state index contributed by atoms with van der Waals surface area (Å²) in [4.78, 5) is 24.5. The molecule has 1 amide bonds. The Morgan fingerprint density at radius 2 is 1.85 bits per heavy atom. The standard InChI is InChI=1S/C21H23NO5/c1-26-18-8-7-15(13-17(18)19(23)24)14-22-20(25)21(9-11-27-12-10-21)16-5-3-2-4-6-16/h2-8,13H,9-12,14H2,1H3,(H,22,25)(H,23,24). The van der Waals surface area contributed by atoms with Crippen LogP contribution in [0.2, 0.25) is 0 Å². The Bertz CT molecular complexity index is 813. The molecule has 0 saturated carbocycles. The van der Waals surface area contributed by atoms with Crippen LogP contribution in [0.4, 0.5) is 0 Å². The van der Waals surface area contributed by atoms with Crippen molar-refractivity contribution in [2.24, 2.45) is 0 Å². The minimum Gasteiger partial charge on any atom is -0.496 e. The van der Waals surface area contributed by atoms with Crippen molar-refractivity contribution in [1.82, 2.24) is 5.32 Å². The van der Waals surface area contributed by atoms with Gasteiger partial charge in [-0.05, 0) is 36.1 Å². The summed E-state index contributed by atoms with van der Waals surface area (Å²) in [5.41, 5.74) is 1.14. The molecular weight excluding hydrogens is 346 g/mol. The number of carbonyl (C=O) groups excluding carboxylic acids is 1. The number of rotatable bonds is 6. The highest BCUT2D eigenvalue weighted by molar-refractivity contribution is 5.91. The Morgan fingerprint density at radius 3 is 2.48 bits per heavy atom. The Morgan fingerprint density at radius 1 is 1.15 bits per heavy atom. The van der Waals surface area contributed by atoms with E-state index in [2.05, 4.69) is 5.32 Å². The molecule has 1 fully saturated rings. The fraction of sp³-hybridized carbons (Fsp3) is 0.333. The van der Waals surface area contributed by atoms with Crippen molar-refractivity contribution in [2.45, 2.75) is 24.8 Å². The summed E-state index contributed by atoms with van der Waals surface area (Å²) in [5, 5.41) is 12.3. The molecule has 1 aliphatic heterocycles. The van der Waals surface area contributed by atoms with Gasteiger partial charge < -0.3 is 19.9 Å². The zero-order valence-corrected chi connectivity index (χ0v) is 15.2. The molecule has 0 spiro atoms. The molecule has 27 heavy (non-hydrogen) atoms. The normalized spacial score (nSPS) is 15.7. The lowest BCUT2D eigenvalue weighted by molar-refractivity contribution is -0.130. The third kappa shape index (κ3) is 3.95. The minimum atomic E-state index is -1.06. The van der Waals surface area contributed by atoms with E-state index in [9.17, 15) is 14.7 Å². The van der Waals surface area contributed by atoms with E-state index < -0.39 is 11.4 Å². The Balaban J connectivity index is 1.79. The number of amides is 1. The van der Waals surface area contributed by atoms with Gasteiger partial charge >= 0.3 is 5.97 Å². The molecular formula is C21H23NO5. The van der Waals surface area contributed by atoms with E-state index in [1.54, 1.807) is 12.1 Å². The Kier molecular flexibility index (Phi) is 5.76. The predicted molar refractivity (Wildman–Crippen MR) is 100.0 cm³/mol. The lowest BCUT2D eigenvalue weighted by Crippen LogP contribution is -2.47. The maximum atomic E-state index is 13.1. The van der Waals surface area contributed by atoms with Gasteiger partial charge in [0.05, 0.1) is 12.5 Å². The zero-order chi connectivity index (χ0) is 19.3. The zero-order valence-electron chi connectivity index (χ0n) is 15.2. The molecule has 0 bridgehead atoms. The second-order valence-electron chi connectivity index (χ2n) is 6.58. The van der Waals surface area contributed by atoms with Gasteiger partial charge in [-0.25, -0.2) is 4.79 Å². The fourth-order valence-electron chi connectivity index (χ4n) is 3.51. The molecule has 1 aliphatic rings. The Hall–Kier alpha value is -2.86. The second-order valence-corrected chi connectivity index (χ2v) is 6.58.